The van der Waals surface area contributed by atoms with Gasteiger partial charge in [-0.15, -0.1) is 0 Å². The highest BCUT2D eigenvalue weighted by atomic mass is 32.2. The van der Waals surface area contributed by atoms with E-state index >= 15 is 0 Å². The van der Waals surface area contributed by atoms with Gasteiger partial charge in [0.25, 0.3) is 10.0 Å². The Morgan fingerprint density at radius 3 is 2.67 bits per heavy atom. The van der Waals surface area contributed by atoms with Crippen molar-refractivity contribution >= 4 is 26.7 Å². The quantitative estimate of drug-likeness (QED) is 0.802. The molecule has 0 spiro atoms. The number of rotatable bonds is 3. The third-order valence-electron chi connectivity index (χ3n) is 2.71. The molecule has 0 amide bonds. The normalized spacial score (nSPS) is 11.7. The molecular weight excluding hydrogens is 304 g/mol. The number of aromatic nitrogens is 2. The average Bonchev–Trinajstić information content (AvgIpc) is 2.90. The zero-order chi connectivity index (χ0) is 15.0. The van der Waals surface area contributed by atoms with E-state index in [9.17, 15) is 17.2 Å². The molecule has 0 radical (unpaired) electrons. The lowest BCUT2D eigenvalue weighted by Crippen LogP contribution is -2.14. The number of anilines is 1. The lowest BCUT2D eigenvalue weighted by Gasteiger charge is -2.08. The molecular formula is C12H7F2N3O3S. The number of benzene rings is 2. The lowest BCUT2D eigenvalue weighted by molar-refractivity contribution is 0.315. The molecule has 0 atom stereocenters. The maximum absolute atomic E-state index is 13.5. The van der Waals surface area contributed by atoms with Crippen LogP contribution in [0.2, 0.25) is 0 Å². The summed E-state index contributed by atoms with van der Waals surface area (Å²) >= 11 is 0. The molecule has 0 fully saturated rings. The van der Waals surface area contributed by atoms with E-state index in [1.54, 1.807) is 0 Å². The van der Waals surface area contributed by atoms with Gasteiger partial charge in [-0.2, -0.15) is 0 Å². The summed E-state index contributed by atoms with van der Waals surface area (Å²) in [5, 5.41) is 7.03. The highest BCUT2D eigenvalue weighted by Gasteiger charge is 2.21. The smallest absolute Gasteiger partial charge is 0.264 e. The lowest BCUT2D eigenvalue weighted by atomic mass is 10.3. The molecule has 3 rings (SSSR count). The second kappa shape index (κ2) is 4.77. The molecule has 0 aliphatic carbocycles. The summed E-state index contributed by atoms with van der Waals surface area (Å²) in [5.74, 6) is -1.83. The van der Waals surface area contributed by atoms with Crippen LogP contribution >= 0.6 is 0 Å². The van der Waals surface area contributed by atoms with E-state index in [0.717, 1.165) is 12.1 Å². The highest BCUT2D eigenvalue weighted by Crippen LogP contribution is 2.24. The van der Waals surface area contributed by atoms with Crippen molar-refractivity contribution in [2.24, 2.45) is 0 Å². The van der Waals surface area contributed by atoms with Gasteiger partial charge in [0.15, 0.2) is 5.52 Å². The van der Waals surface area contributed by atoms with Gasteiger partial charge in [0.05, 0.1) is 5.69 Å². The number of nitrogens with one attached hydrogen (secondary N) is 1. The molecule has 0 unspecified atom stereocenters. The topological polar surface area (TPSA) is 85.1 Å². The minimum Gasteiger partial charge on any atom is -0.277 e. The van der Waals surface area contributed by atoms with Crippen LogP contribution in [0, 0.1) is 11.6 Å². The van der Waals surface area contributed by atoms with Crippen LogP contribution in [0.4, 0.5) is 14.5 Å². The van der Waals surface area contributed by atoms with E-state index in [2.05, 4.69) is 14.9 Å². The van der Waals surface area contributed by atoms with Gasteiger partial charge in [0, 0.05) is 6.07 Å². The molecule has 1 N–H and O–H groups in total. The summed E-state index contributed by atoms with van der Waals surface area (Å²) in [6, 6.07) is 6.75. The summed E-state index contributed by atoms with van der Waals surface area (Å²) in [4.78, 5) is -0.218. The van der Waals surface area contributed by atoms with Crippen molar-refractivity contribution in [1.29, 1.82) is 0 Å². The number of hydrogen-bond donors (Lipinski definition) is 1. The first-order valence-corrected chi connectivity index (χ1v) is 7.15. The van der Waals surface area contributed by atoms with Crippen molar-refractivity contribution in [3.63, 3.8) is 0 Å². The summed E-state index contributed by atoms with van der Waals surface area (Å²) in [6.07, 6.45) is 0. The zero-order valence-corrected chi connectivity index (χ0v) is 11.1. The summed E-state index contributed by atoms with van der Waals surface area (Å²) in [6.45, 7) is 0. The van der Waals surface area contributed by atoms with Crippen LogP contribution in [0.1, 0.15) is 0 Å². The Hall–Kier alpha value is -2.55. The summed E-state index contributed by atoms with van der Waals surface area (Å²) in [7, 11) is -4.12. The number of nitrogens with zero attached hydrogens (tertiary/aromatic N) is 2. The molecule has 1 aromatic heterocycles. The second-order valence-corrected chi connectivity index (χ2v) is 5.77. The molecule has 2 aromatic carbocycles. The molecule has 9 heteroatoms. The van der Waals surface area contributed by atoms with Gasteiger partial charge in [0.1, 0.15) is 22.0 Å². The van der Waals surface area contributed by atoms with Crippen molar-refractivity contribution in [2.75, 3.05) is 4.72 Å². The van der Waals surface area contributed by atoms with E-state index < -0.39 is 21.7 Å². The standard InChI is InChI=1S/C12H7F2N3O3S/c13-7-4-5-9(8(14)6-7)17-21(18,19)11-3-1-2-10-12(11)16-20-15-10/h1-6,17H. The molecule has 0 saturated heterocycles. The minimum absolute atomic E-state index is 0.0209. The van der Waals surface area contributed by atoms with E-state index in [1.165, 1.54) is 18.2 Å². The van der Waals surface area contributed by atoms with Crippen LogP contribution in [-0.4, -0.2) is 18.7 Å². The first-order valence-electron chi connectivity index (χ1n) is 5.66. The first-order chi connectivity index (χ1) is 9.97. The SMILES string of the molecule is O=S(=O)(Nc1ccc(F)cc1F)c1cccc2nonc12. The molecule has 0 aliphatic heterocycles. The van der Waals surface area contributed by atoms with Gasteiger partial charge in [-0.05, 0) is 34.6 Å². The summed E-state index contributed by atoms with van der Waals surface area (Å²) < 4.78 is 57.4. The third-order valence-corrected chi connectivity index (χ3v) is 4.11. The van der Waals surface area contributed by atoms with E-state index in [-0.39, 0.29) is 21.6 Å². The Bertz CT molecular complexity index is 924. The van der Waals surface area contributed by atoms with Crippen LogP contribution < -0.4 is 4.72 Å². The predicted octanol–water partition coefficient (Wildman–Crippen LogP) is 2.30. The summed E-state index contributed by atoms with van der Waals surface area (Å²) in [5.41, 5.74) is -0.102. The number of halogens is 2. The van der Waals surface area contributed by atoms with Gasteiger partial charge in [-0.25, -0.2) is 21.8 Å². The monoisotopic (exact) mass is 311 g/mol. The first kappa shape index (κ1) is 13.4. The number of fused-ring (bicyclic) bond motifs is 1. The number of hydrogen-bond acceptors (Lipinski definition) is 5. The van der Waals surface area contributed by atoms with Crippen molar-refractivity contribution in [2.45, 2.75) is 4.90 Å². The highest BCUT2D eigenvalue weighted by molar-refractivity contribution is 7.93. The zero-order valence-electron chi connectivity index (χ0n) is 10.2. The van der Waals surface area contributed by atoms with Crippen molar-refractivity contribution in [3.05, 3.63) is 48.0 Å². The van der Waals surface area contributed by atoms with E-state index in [1.807, 2.05) is 4.72 Å². The molecule has 1 heterocycles. The fourth-order valence-corrected chi connectivity index (χ4v) is 2.99. The molecule has 21 heavy (non-hydrogen) atoms. The van der Waals surface area contributed by atoms with E-state index in [0.29, 0.717) is 6.07 Å². The predicted molar refractivity (Wildman–Crippen MR) is 69.0 cm³/mol. The van der Waals surface area contributed by atoms with Crippen LogP contribution in [0.15, 0.2) is 45.9 Å². The maximum Gasteiger partial charge on any atom is 0.264 e. The fourth-order valence-electron chi connectivity index (χ4n) is 1.77. The second-order valence-electron chi connectivity index (χ2n) is 4.12. The van der Waals surface area contributed by atoms with Crippen LogP contribution in [-0.2, 0) is 10.0 Å². The Labute approximate surface area is 117 Å². The maximum atomic E-state index is 13.5. The van der Waals surface area contributed by atoms with Crippen molar-refractivity contribution in [1.82, 2.24) is 10.3 Å². The van der Waals surface area contributed by atoms with Gasteiger partial charge in [-0.1, -0.05) is 6.07 Å². The molecule has 108 valence electrons. The minimum atomic E-state index is -4.12. The Morgan fingerprint density at radius 2 is 1.90 bits per heavy atom. The van der Waals surface area contributed by atoms with Gasteiger partial charge >= 0.3 is 0 Å². The molecule has 0 aliphatic rings. The third kappa shape index (κ3) is 2.42. The molecule has 0 saturated carbocycles. The number of sulfonamides is 1. The van der Waals surface area contributed by atoms with Crippen molar-refractivity contribution in [3.8, 4) is 0 Å². The van der Waals surface area contributed by atoms with Crippen LogP contribution in [0.3, 0.4) is 0 Å². The van der Waals surface area contributed by atoms with Gasteiger partial charge in [-0.3, -0.25) is 4.72 Å². The van der Waals surface area contributed by atoms with E-state index in [4.69, 9.17) is 0 Å². The molecule has 6 nitrogen and oxygen atoms in total. The average molecular weight is 311 g/mol. The molecule has 0 bridgehead atoms. The fraction of sp³-hybridized carbons (Fsp3) is 0. The molecule has 3 aromatic rings. The van der Waals surface area contributed by atoms with Crippen LogP contribution in [0.25, 0.3) is 11.0 Å². The Balaban J connectivity index is 2.06. The van der Waals surface area contributed by atoms with Gasteiger partial charge < -0.3 is 0 Å². The van der Waals surface area contributed by atoms with Gasteiger partial charge in [0.2, 0.25) is 0 Å². The largest absolute Gasteiger partial charge is 0.277 e. The van der Waals surface area contributed by atoms with Crippen molar-refractivity contribution < 1.29 is 21.8 Å². The Kier molecular flexibility index (Phi) is 3.05. The Morgan fingerprint density at radius 1 is 1.10 bits per heavy atom. The van der Waals surface area contributed by atoms with Crippen LogP contribution in [0.5, 0.6) is 0 Å².